The van der Waals surface area contributed by atoms with Gasteiger partial charge in [-0.1, -0.05) is 60.7 Å². The Kier molecular flexibility index (Phi) is 3.88. The number of fused-ring (bicyclic) bond motifs is 1. The summed E-state index contributed by atoms with van der Waals surface area (Å²) in [4.78, 5) is 28.4. The molecule has 2 aromatic rings. The van der Waals surface area contributed by atoms with Gasteiger partial charge in [-0.3, -0.25) is 9.80 Å². The molecule has 5 nitrogen and oxygen atoms in total. The highest BCUT2D eigenvalue weighted by molar-refractivity contribution is 6.01. The minimum atomic E-state index is -0.513. The van der Waals surface area contributed by atoms with E-state index in [2.05, 4.69) is 0 Å². The lowest BCUT2D eigenvalue weighted by Gasteiger charge is -2.21. The first-order valence-electron chi connectivity index (χ1n) is 8.04. The Bertz CT molecular complexity index is 684. The maximum absolute atomic E-state index is 12.2. The summed E-state index contributed by atoms with van der Waals surface area (Å²) in [5.74, 6) is -0.868. The molecule has 2 heterocycles. The number of esters is 2. The Morgan fingerprint density at radius 3 is 1.58 bits per heavy atom. The van der Waals surface area contributed by atoms with Crippen molar-refractivity contribution in [2.75, 3.05) is 6.67 Å². The van der Waals surface area contributed by atoms with Crippen LogP contribution in [0.2, 0.25) is 0 Å². The smallest absolute Gasteiger partial charge is 0.333 e. The molecule has 0 radical (unpaired) electrons. The maximum Gasteiger partial charge on any atom is 0.333 e. The quantitative estimate of drug-likeness (QED) is 0.634. The summed E-state index contributed by atoms with van der Waals surface area (Å²) >= 11 is 0. The number of hydrogen-bond donors (Lipinski definition) is 0. The van der Waals surface area contributed by atoms with Crippen LogP contribution in [-0.2, 0) is 27.4 Å². The second kappa shape index (κ2) is 6.19. The van der Waals surface area contributed by atoms with Crippen LogP contribution in [0.3, 0.4) is 0 Å². The fourth-order valence-electron chi connectivity index (χ4n) is 3.52. The standard InChI is InChI=1S/C19H18N2O3/c22-18-16-17(19(23)24-18)21(12-15-9-5-2-6-10-15)13-20(16)11-14-7-3-1-4-8-14/h1-10,16-17H,11-13H2. The first kappa shape index (κ1) is 15.1. The molecule has 0 bridgehead atoms. The first-order valence-corrected chi connectivity index (χ1v) is 8.04. The van der Waals surface area contributed by atoms with Crippen molar-refractivity contribution >= 4 is 11.9 Å². The SMILES string of the molecule is O=C1OC(=O)C2C1N(Cc1ccccc1)CN2Cc1ccccc1. The van der Waals surface area contributed by atoms with Crippen LogP contribution in [0.15, 0.2) is 60.7 Å². The van der Waals surface area contributed by atoms with Gasteiger partial charge in [-0.05, 0) is 11.1 Å². The molecule has 5 heteroatoms. The third-order valence-electron chi connectivity index (χ3n) is 4.59. The Morgan fingerprint density at radius 1 is 0.750 bits per heavy atom. The molecule has 2 fully saturated rings. The molecule has 2 aliphatic heterocycles. The van der Waals surface area contributed by atoms with Crippen molar-refractivity contribution in [2.24, 2.45) is 0 Å². The number of hydrogen-bond acceptors (Lipinski definition) is 5. The third kappa shape index (κ3) is 2.72. The summed E-state index contributed by atoms with van der Waals surface area (Å²) in [6, 6.07) is 18.9. The molecular formula is C19H18N2O3. The Labute approximate surface area is 140 Å². The highest BCUT2D eigenvalue weighted by Gasteiger charge is 2.55. The third-order valence-corrected chi connectivity index (χ3v) is 4.59. The fraction of sp³-hybridized carbons (Fsp3) is 0.263. The molecule has 0 spiro atoms. The second-order valence-electron chi connectivity index (χ2n) is 6.24. The van der Waals surface area contributed by atoms with Crippen LogP contribution in [0.25, 0.3) is 0 Å². The van der Waals surface area contributed by atoms with Crippen LogP contribution in [0.4, 0.5) is 0 Å². The average Bonchev–Trinajstić information content (AvgIpc) is 3.09. The van der Waals surface area contributed by atoms with Crippen molar-refractivity contribution in [3.8, 4) is 0 Å². The predicted octanol–water partition coefficient (Wildman–Crippen LogP) is 1.78. The molecule has 0 aromatic heterocycles. The van der Waals surface area contributed by atoms with Crippen LogP contribution >= 0.6 is 0 Å². The van der Waals surface area contributed by atoms with Gasteiger partial charge in [0.05, 0.1) is 6.67 Å². The number of ether oxygens (including phenoxy) is 1. The van der Waals surface area contributed by atoms with Gasteiger partial charge in [0.1, 0.15) is 12.1 Å². The molecule has 0 amide bonds. The van der Waals surface area contributed by atoms with Crippen LogP contribution < -0.4 is 0 Å². The van der Waals surface area contributed by atoms with Crippen molar-refractivity contribution < 1.29 is 14.3 Å². The number of carbonyl (C=O) groups is 2. The monoisotopic (exact) mass is 322 g/mol. The second-order valence-corrected chi connectivity index (χ2v) is 6.24. The minimum absolute atomic E-state index is 0.434. The molecule has 2 aliphatic rings. The molecule has 2 aromatic carbocycles. The van der Waals surface area contributed by atoms with Crippen LogP contribution in [0.1, 0.15) is 11.1 Å². The molecule has 2 atom stereocenters. The van der Waals surface area contributed by atoms with E-state index in [0.29, 0.717) is 19.8 Å². The highest BCUT2D eigenvalue weighted by atomic mass is 16.6. The lowest BCUT2D eigenvalue weighted by Crippen LogP contribution is -2.39. The molecule has 0 N–H and O–H groups in total. The van der Waals surface area contributed by atoms with Gasteiger partial charge < -0.3 is 4.74 Å². The van der Waals surface area contributed by atoms with Gasteiger partial charge in [0.2, 0.25) is 0 Å². The van der Waals surface area contributed by atoms with Gasteiger partial charge >= 0.3 is 11.9 Å². The zero-order chi connectivity index (χ0) is 16.5. The van der Waals surface area contributed by atoms with E-state index < -0.39 is 24.0 Å². The molecule has 2 unspecified atom stereocenters. The van der Waals surface area contributed by atoms with Crippen molar-refractivity contribution in [3.05, 3.63) is 71.8 Å². The predicted molar refractivity (Wildman–Crippen MR) is 87.5 cm³/mol. The molecule has 122 valence electrons. The molecule has 24 heavy (non-hydrogen) atoms. The van der Waals surface area contributed by atoms with E-state index in [0.717, 1.165) is 11.1 Å². The van der Waals surface area contributed by atoms with Crippen molar-refractivity contribution in [2.45, 2.75) is 25.2 Å². The Hall–Kier alpha value is -2.50. The first-order chi connectivity index (χ1) is 11.7. The van der Waals surface area contributed by atoms with Crippen molar-refractivity contribution in [1.29, 1.82) is 0 Å². The Morgan fingerprint density at radius 2 is 1.17 bits per heavy atom. The van der Waals surface area contributed by atoms with Gasteiger partial charge in [-0.2, -0.15) is 0 Å². The van der Waals surface area contributed by atoms with Gasteiger partial charge in [-0.15, -0.1) is 0 Å². The van der Waals surface area contributed by atoms with E-state index >= 15 is 0 Å². The largest absolute Gasteiger partial charge is 0.391 e. The maximum atomic E-state index is 12.2. The zero-order valence-corrected chi connectivity index (χ0v) is 13.2. The van der Waals surface area contributed by atoms with E-state index in [9.17, 15) is 9.59 Å². The number of benzene rings is 2. The summed E-state index contributed by atoms with van der Waals surface area (Å²) in [6.07, 6.45) is 0. The van der Waals surface area contributed by atoms with E-state index in [1.54, 1.807) is 0 Å². The van der Waals surface area contributed by atoms with E-state index in [-0.39, 0.29) is 0 Å². The van der Waals surface area contributed by atoms with Crippen LogP contribution in [-0.4, -0.2) is 40.5 Å². The van der Waals surface area contributed by atoms with Gasteiger partial charge in [0.25, 0.3) is 0 Å². The highest BCUT2D eigenvalue weighted by Crippen LogP contribution is 2.30. The zero-order valence-electron chi connectivity index (χ0n) is 13.2. The van der Waals surface area contributed by atoms with Crippen molar-refractivity contribution in [3.63, 3.8) is 0 Å². The lowest BCUT2D eigenvalue weighted by atomic mass is 10.1. The van der Waals surface area contributed by atoms with Crippen LogP contribution in [0.5, 0.6) is 0 Å². The summed E-state index contributed by atoms with van der Waals surface area (Å²) in [5.41, 5.74) is 2.23. The number of cyclic esters (lactones) is 2. The summed E-state index contributed by atoms with van der Waals surface area (Å²) < 4.78 is 4.90. The van der Waals surface area contributed by atoms with Gasteiger partial charge in [-0.25, -0.2) is 9.59 Å². The molecule has 2 saturated heterocycles. The molecule has 4 rings (SSSR count). The van der Waals surface area contributed by atoms with E-state index in [1.807, 2.05) is 70.5 Å². The number of rotatable bonds is 4. The minimum Gasteiger partial charge on any atom is -0.391 e. The normalized spacial score (nSPS) is 24.2. The fourth-order valence-corrected chi connectivity index (χ4v) is 3.52. The summed E-state index contributed by atoms with van der Waals surface area (Å²) in [6.45, 7) is 1.81. The molecule has 0 aliphatic carbocycles. The topological polar surface area (TPSA) is 49.9 Å². The van der Waals surface area contributed by atoms with Gasteiger partial charge in [0.15, 0.2) is 0 Å². The van der Waals surface area contributed by atoms with Crippen molar-refractivity contribution in [1.82, 2.24) is 9.80 Å². The lowest BCUT2D eigenvalue weighted by molar-refractivity contribution is -0.155. The van der Waals surface area contributed by atoms with E-state index in [4.69, 9.17) is 4.74 Å². The average molecular weight is 322 g/mol. The Balaban J connectivity index is 1.58. The number of carbonyl (C=O) groups excluding carboxylic acids is 2. The van der Waals surface area contributed by atoms with Crippen LogP contribution in [0, 0.1) is 0 Å². The molecular weight excluding hydrogens is 304 g/mol. The van der Waals surface area contributed by atoms with E-state index in [1.165, 1.54) is 0 Å². The van der Waals surface area contributed by atoms with Gasteiger partial charge in [0, 0.05) is 13.1 Å². The molecule has 0 saturated carbocycles. The summed E-state index contributed by atoms with van der Waals surface area (Å²) in [7, 11) is 0. The number of nitrogens with zero attached hydrogens (tertiary/aromatic N) is 2. The summed E-state index contributed by atoms with van der Waals surface area (Å²) in [5, 5.41) is 0.